The summed E-state index contributed by atoms with van der Waals surface area (Å²) < 4.78 is 4.55. The zero-order chi connectivity index (χ0) is 12.3. The first kappa shape index (κ1) is 12.4. The van der Waals surface area contributed by atoms with Gasteiger partial charge in [0, 0.05) is 25.5 Å². The smallest absolute Gasteiger partial charge is 0.411 e. The number of nitrogens with one attached hydrogen (secondary N) is 1. The van der Waals surface area contributed by atoms with E-state index in [0.717, 1.165) is 16.8 Å². The van der Waals surface area contributed by atoms with Crippen LogP contribution in [0.2, 0.25) is 0 Å². The molecule has 1 N–H and O–H groups in total. The Kier molecular flexibility index (Phi) is 3.77. The molecular formula is C12H18N2O2. The summed E-state index contributed by atoms with van der Waals surface area (Å²) in [5, 5.41) is 2.66. The average Bonchev–Trinajstić information content (AvgIpc) is 2.15. The standard InChI is InChI=1S/C12H18N2O2/c1-8-6-10(13-12(15)16-5)7-9(2)11(8)14(3)4/h6-7H,1-5H3,(H,13,15). The highest BCUT2D eigenvalue weighted by Crippen LogP contribution is 2.26. The van der Waals surface area contributed by atoms with Gasteiger partial charge in [-0.2, -0.15) is 0 Å². The molecule has 0 saturated carbocycles. The van der Waals surface area contributed by atoms with Crippen molar-refractivity contribution >= 4 is 17.5 Å². The second kappa shape index (κ2) is 4.88. The lowest BCUT2D eigenvalue weighted by Crippen LogP contribution is -2.14. The topological polar surface area (TPSA) is 41.6 Å². The third-order valence-electron chi connectivity index (χ3n) is 2.37. The lowest BCUT2D eigenvalue weighted by molar-refractivity contribution is 0.187. The Morgan fingerprint density at radius 1 is 1.25 bits per heavy atom. The van der Waals surface area contributed by atoms with E-state index in [1.54, 1.807) is 0 Å². The van der Waals surface area contributed by atoms with E-state index in [9.17, 15) is 4.79 Å². The van der Waals surface area contributed by atoms with E-state index in [2.05, 4.69) is 15.0 Å². The molecule has 0 fully saturated rings. The molecule has 0 bridgehead atoms. The highest BCUT2D eigenvalue weighted by Gasteiger charge is 2.08. The largest absolute Gasteiger partial charge is 0.453 e. The monoisotopic (exact) mass is 222 g/mol. The summed E-state index contributed by atoms with van der Waals surface area (Å²) in [7, 11) is 5.36. The predicted molar refractivity (Wildman–Crippen MR) is 66.3 cm³/mol. The first-order chi connectivity index (χ1) is 7.45. The molecule has 0 saturated heterocycles. The number of rotatable bonds is 2. The van der Waals surface area contributed by atoms with Crippen molar-refractivity contribution in [1.29, 1.82) is 0 Å². The van der Waals surface area contributed by atoms with Gasteiger partial charge in [0.15, 0.2) is 0 Å². The normalized spacial score (nSPS) is 9.81. The van der Waals surface area contributed by atoms with Gasteiger partial charge in [-0.3, -0.25) is 5.32 Å². The fraction of sp³-hybridized carbons (Fsp3) is 0.417. The van der Waals surface area contributed by atoms with Gasteiger partial charge in [0.2, 0.25) is 0 Å². The number of methoxy groups -OCH3 is 1. The number of ether oxygens (including phenoxy) is 1. The zero-order valence-corrected chi connectivity index (χ0v) is 10.4. The van der Waals surface area contributed by atoms with E-state index < -0.39 is 6.09 Å². The van der Waals surface area contributed by atoms with E-state index in [0.29, 0.717) is 0 Å². The van der Waals surface area contributed by atoms with E-state index >= 15 is 0 Å². The molecule has 0 aliphatic carbocycles. The summed E-state index contributed by atoms with van der Waals surface area (Å²) in [5.41, 5.74) is 4.18. The highest BCUT2D eigenvalue weighted by atomic mass is 16.5. The fourth-order valence-corrected chi connectivity index (χ4v) is 1.90. The first-order valence-corrected chi connectivity index (χ1v) is 5.09. The molecule has 16 heavy (non-hydrogen) atoms. The number of nitrogens with zero attached hydrogens (tertiary/aromatic N) is 1. The van der Waals surface area contributed by atoms with Crippen LogP contribution in [0.5, 0.6) is 0 Å². The molecule has 0 spiro atoms. The summed E-state index contributed by atoms with van der Waals surface area (Å²) in [6, 6.07) is 3.86. The maximum absolute atomic E-state index is 11.1. The minimum atomic E-state index is -0.448. The Bertz CT molecular complexity index is 377. The quantitative estimate of drug-likeness (QED) is 0.836. The van der Waals surface area contributed by atoms with Crippen LogP contribution in [0, 0.1) is 13.8 Å². The van der Waals surface area contributed by atoms with Gasteiger partial charge in [0.05, 0.1) is 7.11 Å². The molecule has 1 aromatic rings. The van der Waals surface area contributed by atoms with Gasteiger partial charge < -0.3 is 9.64 Å². The molecule has 1 rings (SSSR count). The number of amides is 1. The molecule has 0 aromatic heterocycles. The number of hydrogen-bond donors (Lipinski definition) is 1. The lowest BCUT2D eigenvalue weighted by atomic mass is 10.1. The van der Waals surface area contributed by atoms with E-state index in [1.807, 2.05) is 40.1 Å². The van der Waals surface area contributed by atoms with Crippen molar-refractivity contribution in [2.45, 2.75) is 13.8 Å². The van der Waals surface area contributed by atoms with Crippen molar-refractivity contribution in [2.24, 2.45) is 0 Å². The second-order valence-corrected chi connectivity index (χ2v) is 3.97. The van der Waals surface area contributed by atoms with Crippen molar-refractivity contribution < 1.29 is 9.53 Å². The van der Waals surface area contributed by atoms with Crippen LogP contribution in [0.3, 0.4) is 0 Å². The molecule has 1 amide bonds. The molecule has 0 unspecified atom stereocenters. The Morgan fingerprint density at radius 2 is 1.75 bits per heavy atom. The molecule has 0 heterocycles. The maximum Gasteiger partial charge on any atom is 0.411 e. The number of aryl methyl sites for hydroxylation is 2. The van der Waals surface area contributed by atoms with Crippen molar-refractivity contribution in [3.8, 4) is 0 Å². The van der Waals surface area contributed by atoms with Crippen LogP contribution >= 0.6 is 0 Å². The number of carbonyl (C=O) groups is 1. The Hall–Kier alpha value is -1.71. The average molecular weight is 222 g/mol. The summed E-state index contributed by atoms with van der Waals surface area (Å²) >= 11 is 0. The second-order valence-electron chi connectivity index (χ2n) is 3.97. The van der Waals surface area contributed by atoms with Crippen LogP contribution < -0.4 is 10.2 Å². The van der Waals surface area contributed by atoms with Crippen LogP contribution in [-0.2, 0) is 4.74 Å². The number of hydrogen-bond acceptors (Lipinski definition) is 3. The number of carbonyl (C=O) groups excluding carboxylic acids is 1. The summed E-state index contributed by atoms with van der Waals surface area (Å²) in [6.07, 6.45) is -0.448. The van der Waals surface area contributed by atoms with Crippen LogP contribution in [0.25, 0.3) is 0 Å². The van der Waals surface area contributed by atoms with Gasteiger partial charge in [-0.25, -0.2) is 4.79 Å². The molecule has 4 heteroatoms. The fourth-order valence-electron chi connectivity index (χ4n) is 1.90. The molecule has 4 nitrogen and oxygen atoms in total. The van der Waals surface area contributed by atoms with Gasteiger partial charge in [-0.1, -0.05) is 0 Å². The molecular weight excluding hydrogens is 204 g/mol. The van der Waals surface area contributed by atoms with E-state index in [4.69, 9.17) is 0 Å². The highest BCUT2D eigenvalue weighted by molar-refractivity contribution is 5.85. The predicted octanol–water partition coefficient (Wildman–Crippen LogP) is 2.55. The summed E-state index contributed by atoms with van der Waals surface area (Å²) in [6.45, 7) is 4.04. The van der Waals surface area contributed by atoms with Crippen molar-refractivity contribution in [3.63, 3.8) is 0 Å². The minimum Gasteiger partial charge on any atom is -0.453 e. The minimum absolute atomic E-state index is 0.448. The van der Waals surface area contributed by atoms with E-state index in [1.165, 1.54) is 12.8 Å². The molecule has 0 aliphatic heterocycles. The van der Waals surface area contributed by atoms with Crippen molar-refractivity contribution in [1.82, 2.24) is 0 Å². The third-order valence-corrected chi connectivity index (χ3v) is 2.37. The SMILES string of the molecule is COC(=O)Nc1cc(C)c(N(C)C)c(C)c1. The van der Waals surface area contributed by atoms with E-state index in [-0.39, 0.29) is 0 Å². The van der Waals surface area contributed by atoms with Gasteiger partial charge in [0.25, 0.3) is 0 Å². The van der Waals surface area contributed by atoms with Crippen LogP contribution in [-0.4, -0.2) is 27.3 Å². The van der Waals surface area contributed by atoms with Crippen molar-refractivity contribution in [2.75, 3.05) is 31.4 Å². The summed E-state index contributed by atoms with van der Waals surface area (Å²) in [4.78, 5) is 13.1. The van der Waals surface area contributed by atoms with Gasteiger partial charge in [-0.05, 0) is 37.1 Å². The molecule has 88 valence electrons. The Morgan fingerprint density at radius 3 is 2.12 bits per heavy atom. The van der Waals surface area contributed by atoms with Crippen LogP contribution in [0.4, 0.5) is 16.2 Å². The molecule has 1 aromatic carbocycles. The molecule has 0 atom stereocenters. The zero-order valence-electron chi connectivity index (χ0n) is 10.4. The Balaban J connectivity index is 3.05. The van der Waals surface area contributed by atoms with Crippen LogP contribution in [0.15, 0.2) is 12.1 Å². The third kappa shape index (κ3) is 2.66. The summed E-state index contributed by atoms with van der Waals surface area (Å²) in [5.74, 6) is 0. The molecule has 0 aliphatic rings. The van der Waals surface area contributed by atoms with Crippen molar-refractivity contribution in [3.05, 3.63) is 23.3 Å². The van der Waals surface area contributed by atoms with Crippen LogP contribution in [0.1, 0.15) is 11.1 Å². The molecule has 0 radical (unpaired) electrons. The lowest BCUT2D eigenvalue weighted by Gasteiger charge is -2.19. The number of anilines is 2. The number of benzene rings is 1. The van der Waals surface area contributed by atoms with Gasteiger partial charge >= 0.3 is 6.09 Å². The Labute approximate surface area is 96.2 Å². The first-order valence-electron chi connectivity index (χ1n) is 5.09. The van der Waals surface area contributed by atoms with Gasteiger partial charge in [0.1, 0.15) is 0 Å². The van der Waals surface area contributed by atoms with Gasteiger partial charge in [-0.15, -0.1) is 0 Å². The maximum atomic E-state index is 11.1.